The van der Waals surface area contributed by atoms with Crippen LogP contribution in [0.1, 0.15) is 29.8 Å². The monoisotopic (exact) mass is 251 g/mol. The van der Waals surface area contributed by atoms with Crippen LogP contribution in [0.4, 0.5) is 5.69 Å². The number of carbonyl (C=O) groups is 1. The summed E-state index contributed by atoms with van der Waals surface area (Å²) in [5.74, 6) is 0.0821. The highest BCUT2D eigenvalue weighted by atomic mass is 16.2. The Hall–Kier alpha value is -2.09. The normalized spacial score (nSPS) is 16.2. The molecule has 3 rings (SSSR count). The van der Waals surface area contributed by atoms with Gasteiger partial charge in [-0.15, -0.1) is 0 Å². The standard InChI is InChI=1S/C17H17NO/c1-17(2)12-18(15-11-7-6-10-14(15)17)16(19)13-8-4-3-5-9-13/h3-11H,12H2,1-2H3. The molecular weight excluding hydrogens is 234 g/mol. The second kappa shape index (κ2) is 4.23. The second-order valence-corrected chi connectivity index (χ2v) is 5.66. The van der Waals surface area contributed by atoms with Gasteiger partial charge in [-0.05, 0) is 23.8 Å². The van der Waals surface area contributed by atoms with E-state index in [4.69, 9.17) is 0 Å². The Labute approximate surface area is 113 Å². The van der Waals surface area contributed by atoms with Crippen LogP contribution in [0, 0.1) is 0 Å². The van der Waals surface area contributed by atoms with Crippen LogP contribution >= 0.6 is 0 Å². The van der Waals surface area contributed by atoms with Crippen LogP contribution in [-0.4, -0.2) is 12.5 Å². The molecule has 1 amide bonds. The SMILES string of the molecule is CC1(C)CN(C(=O)c2ccccc2)c2ccccc21. The van der Waals surface area contributed by atoms with E-state index in [1.54, 1.807) is 0 Å². The molecule has 0 aliphatic carbocycles. The first-order valence-corrected chi connectivity index (χ1v) is 6.56. The number of benzene rings is 2. The molecule has 0 saturated carbocycles. The van der Waals surface area contributed by atoms with Gasteiger partial charge in [0, 0.05) is 23.2 Å². The lowest BCUT2D eigenvalue weighted by Crippen LogP contribution is -2.33. The molecule has 0 N–H and O–H groups in total. The highest BCUT2D eigenvalue weighted by molar-refractivity contribution is 6.07. The average Bonchev–Trinajstić information content (AvgIpc) is 2.72. The maximum Gasteiger partial charge on any atom is 0.258 e. The van der Waals surface area contributed by atoms with Crippen molar-refractivity contribution in [3.63, 3.8) is 0 Å². The lowest BCUT2D eigenvalue weighted by molar-refractivity contribution is 0.0986. The van der Waals surface area contributed by atoms with Crippen molar-refractivity contribution in [3.8, 4) is 0 Å². The first-order valence-electron chi connectivity index (χ1n) is 6.56. The van der Waals surface area contributed by atoms with Crippen LogP contribution < -0.4 is 4.90 Å². The molecule has 0 radical (unpaired) electrons. The Kier molecular flexibility index (Phi) is 2.67. The molecule has 1 aliphatic heterocycles. The molecule has 0 fully saturated rings. The van der Waals surface area contributed by atoms with E-state index in [2.05, 4.69) is 19.9 Å². The molecule has 96 valence electrons. The third kappa shape index (κ3) is 1.93. The molecular formula is C17H17NO. The van der Waals surface area contributed by atoms with Gasteiger partial charge in [-0.3, -0.25) is 4.79 Å². The number of para-hydroxylation sites is 1. The fraction of sp³-hybridized carbons (Fsp3) is 0.235. The van der Waals surface area contributed by atoms with Crippen molar-refractivity contribution in [1.82, 2.24) is 0 Å². The van der Waals surface area contributed by atoms with Gasteiger partial charge < -0.3 is 4.90 Å². The van der Waals surface area contributed by atoms with Gasteiger partial charge in [0.1, 0.15) is 0 Å². The fourth-order valence-electron chi connectivity index (χ4n) is 2.76. The second-order valence-electron chi connectivity index (χ2n) is 5.66. The van der Waals surface area contributed by atoms with Crippen LogP contribution in [0.25, 0.3) is 0 Å². The molecule has 2 aromatic carbocycles. The highest BCUT2D eigenvalue weighted by Gasteiger charge is 2.37. The van der Waals surface area contributed by atoms with E-state index in [1.807, 2.05) is 53.4 Å². The molecule has 1 heterocycles. The summed E-state index contributed by atoms with van der Waals surface area (Å²) in [5.41, 5.74) is 3.05. The summed E-state index contributed by atoms with van der Waals surface area (Å²) in [6.07, 6.45) is 0. The summed E-state index contributed by atoms with van der Waals surface area (Å²) in [4.78, 5) is 14.5. The van der Waals surface area contributed by atoms with E-state index < -0.39 is 0 Å². The minimum absolute atomic E-state index is 0.0149. The lowest BCUT2D eigenvalue weighted by Gasteiger charge is -2.20. The van der Waals surface area contributed by atoms with Crippen LogP contribution in [0.3, 0.4) is 0 Å². The molecule has 0 bridgehead atoms. The van der Waals surface area contributed by atoms with Crippen molar-refractivity contribution >= 4 is 11.6 Å². The Morgan fingerprint density at radius 3 is 2.37 bits per heavy atom. The van der Waals surface area contributed by atoms with Crippen molar-refractivity contribution in [2.75, 3.05) is 11.4 Å². The predicted molar refractivity (Wildman–Crippen MR) is 77.6 cm³/mol. The molecule has 2 nitrogen and oxygen atoms in total. The van der Waals surface area contributed by atoms with Gasteiger partial charge in [0.2, 0.25) is 0 Å². The first-order chi connectivity index (χ1) is 9.09. The van der Waals surface area contributed by atoms with Gasteiger partial charge >= 0.3 is 0 Å². The Morgan fingerprint density at radius 2 is 1.63 bits per heavy atom. The van der Waals surface area contributed by atoms with Gasteiger partial charge in [0.25, 0.3) is 5.91 Å². The number of carbonyl (C=O) groups excluding carboxylic acids is 1. The van der Waals surface area contributed by atoms with Crippen LogP contribution in [0.2, 0.25) is 0 Å². The summed E-state index contributed by atoms with van der Waals surface area (Å²) < 4.78 is 0. The topological polar surface area (TPSA) is 20.3 Å². The average molecular weight is 251 g/mol. The van der Waals surface area contributed by atoms with E-state index in [0.717, 1.165) is 17.8 Å². The molecule has 0 atom stereocenters. The lowest BCUT2D eigenvalue weighted by atomic mass is 9.87. The molecule has 0 unspecified atom stereocenters. The van der Waals surface area contributed by atoms with Crippen LogP contribution in [-0.2, 0) is 5.41 Å². The van der Waals surface area contributed by atoms with Crippen LogP contribution in [0.5, 0.6) is 0 Å². The highest BCUT2D eigenvalue weighted by Crippen LogP contribution is 2.40. The summed E-state index contributed by atoms with van der Waals surface area (Å²) in [6.45, 7) is 5.11. The molecule has 2 heteroatoms. The number of amides is 1. The number of rotatable bonds is 1. The van der Waals surface area contributed by atoms with Gasteiger partial charge in [0.05, 0.1) is 0 Å². The summed E-state index contributed by atoms with van der Waals surface area (Å²) >= 11 is 0. The minimum atomic E-state index is 0.0149. The van der Waals surface area contributed by atoms with Crippen molar-refractivity contribution in [3.05, 3.63) is 65.7 Å². The van der Waals surface area contributed by atoms with Crippen molar-refractivity contribution in [2.24, 2.45) is 0 Å². The van der Waals surface area contributed by atoms with E-state index >= 15 is 0 Å². The van der Waals surface area contributed by atoms with Gasteiger partial charge in [0.15, 0.2) is 0 Å². The number of hydrogen-bond acceptors (Lipinski definition) is 1. The van der Waals surface area contributed by atoms with Crippen molar-refractivity contribution in [1.29, 1.82) is 0 Å². The summed E-state index contributed by atoms with van der Waals surface area (Å²) in [5, 5.41) is 0. The Morgan fingerprint density at radius 1 is 1.00 bits per heavy atom. The number of hydrogen-bond donors (Lipinski definition) is 0. The smallest absolute Gasteiger partial charge is 0.258 e. The minimum Gasteiger partial charge on any atom is -0.307 e. The van der Waals surface area contributed by atoms with Gasteiger partial charge in [-0.1, -0.05) is 50.2 Å². The molecule has 0 saturated heterocycles. The van der Waals surface area contributed by atoms with E-state index in [1.165, 1.54) is 5.56 Å². The molecule has 2 aromatic rings. The third-order valence-electron chi connectivity index (χ3n) is 3.74. The zero-order valence-corrected chi connectivity index (χ0v) is 11.3. The summed E-state index contributed by atoms with van der Waals surface area (Å²) in [7, 11) is 0. The Balaban J connectivity index is 2.03. The zero-order valence-electron chi connectivity index (χ0n) is 11.3. The van der Waals surface area contributed by atoms with Crippen molar-refractivity contribution < 1.29 is 4.79 Å². The Bertz CT molecular complexity index is 616. The number of anilines is 1. The van der Waals surface area contributed by atoms with Crippen LogP contribution in [0.15, 0.2) is 54.6 Å². The van der Waals surface area contributed by atoms with Gasteiger partial charge in [-0.25, -0.2) is 0 Å². The van der Waals surface area contributed by atoms with E-state index in [0.29, 0.717) is 0 Å². The number of fused-ring (bicyclic) bond motifs is 1. The maximum absolute atomic E-state index is 12.6. The largest absolute Gasteiger partial charge is 0.307 e. The maximum atomic E-state index is 12.6. The quantitative estimate of drug-likeness (QED) is 0.758. The zero-order chi connectivity index (χ0) is 13.5. The molecule has 0 spiro atoms. The van der Waals surface area contributed by atoms with E-state index in [-0.39, 0.29) is 11.3 Å². The van der Waals surface area contributed by atoms with Gasteiger partial charge in [-0.2, -0.15) is 0 Å². The molecule has 19 heavy (non-hydrogen) atoms. The fourth-order valence-corrected chi connectivity index (χ4v) is 2.76. The molecule has 1 aliphatic rings. The number of nitrogens with zero attached hydrogens (tertiary/aromatic N) is 1. The summed E-state index contributed by atoms with van der Waals surface area (Å²) in [6, 6.07) is 17.7. The third-order valence-corrected chi connectivity index (χ3v) is 3.74. The first kappa shape index (κ1) is 12.0. The van der Waals surface area contributed by atoms with E-state index in [9.17, 15) is 4.79 Å². The molecule has 0 aromatic heterocycles. The van der Waals surface area contributed by atoms with Crippen molar-refractivity contribution in [2.45, 2.75) is 19.3 Å². The predicted octanol–water partition coefficient (Wildman–Crippen LogP) is 3.62.